The van der Waals surface area contributed by atoms with Crippen LogP contribution >= 0.6 is 11.6 Å². The average Bonchev–Trinajstić information content (AvgIpc) is 2.42. The van der Waals surface area contributed by atoms with Gasteiger partial charge in [0.15, 0.2) is 0 Å². The summed E-state index contributed by atoms with van der Waals surface area (Å²) in [6.07, 6.45) is 0. The van der Waals surface area contributed by atoms with Crippen molar-refractivity contribution >= 4 is 21.6 Å². The predicted octanol–water partition coefficient (Wildman–Crippen LogP) is 3.30. The van der Waals surface area contributed by atoms with Crippen LogP contribution < -0.4 is 0 Å². The van der Waals surface area contributed by atoms with Gasteiger partial charge in [-0.1, -0.05) is 54.1 Å². The molecule has 0 aromatic heterocycles. The van der Waals surface area contributed by atoms with Crippen LogP contribution in [0.4, 0.5) is 0 Å². The second-order valence-corrected chi connectivity index (χ2v) is 7.14. The molecule has 0 radical (unpaired) electrons. The van der Waals surface area contributed by atoms with Gasteiger partial charge in [-0.3, -0.25) is 0 Å². The molecule has 0 saturated heterocycles. The van der Waals surface area contributed by atoms with Crippen molar-refractivity contribution < 1.29 is 8.42 Å². The number of benzene rings is 2. The second kappa shape index (κ2) is 6.39. The highest BCUT2D eigenvalue weighted by atomic mass is 35.5. The summed E-state index contributed by atoms with van der Waals surface area (Å²) in [6, 6.07) is 16.3. The SMILES string of the molecule is CN(Cc1ccc(Cl)cc1)S(=O)(=O)Cc1ccccc1. The topological polar surface area (TPSA) is 37.4 Å². The number of halogens is 1. The average molecular weight is 310 g/mol. The number of sulfonamides is 1. The first-order valence-corrected chi connectivity index (χ1v) is 8.18. The van der Waals surface area contributed by atoms with E-state index in [1.165, 1.54) is 4.31 Å². The molecule has 0 spiro atoms. The molecular weight excluding hydrogens is 294 g/mol. The molecule has 106 valence electrons. The second-order valence-electron chi connectivity index (χ2n) is 4.62. The molecule has 0 fully saturated rings. The highest BCUT2D eigenvalue weighted by Crippen LogP contribution is 2.15. The summed E-state index contributed by atoms with van der Waals surface area (Å²) in [7, 11) is -1.73. The quantitative estimate of drug-likeness (QED) is 0.850. The molecule has 0 heterocycles. The lowest BCUT2D eigenvalue weighted by Crippen LogP contribution is -2.27. The van der Waals surface area contributed by atoms with Crippen LogP contribution in [0.15, 0.2) is 54.6 Å². The predicted molar refractivity (Wildman–Crippen MR) is 82.0 cm³/mol. The van der Waals surface area contributed by atoms with E-state index < -0.39 is 10.0 Å². The van der Waals surface area contributed by atoms with E-state index in [0.29, 0.717) is 11.6 Å². The lowest BCUT2D eigenvalue weighted by atomic mass is 10.2. The standard InChI is InChI=1S/C15H16ClNO2S/c1-17(11-13-7-9-15(16)10-8-13)20(18,19)12-14-5-3-2-4-6-14/h2-10H,11-12H2,1H3. The largest absolute Gasteiger partial charge is 0.218 e. The zero-order valence-electron chi connectivity index (χ0n) is 11.2. The molecule has 3 nitrogen and oxygen atoms in total. The molecule has 0 amide bonds. The molecule has 0 aliphatic rings. The first-order chi connectivity index (χ1) is 9.47. The normalized spacial score (nSPS) is 11.8. The molecule has 0 aliphatic heterocycles. The van der Waals surface area contributed by atoms with E-state index in [2.05, 4.69) is 0 Å². The van der Waals surface area contributed by atoms with Crippen LogP contribution in [0.2, 0.25) is 5.02 Å². The Morgan fingerprint density at radius 1 is 0.950 bits per heavy atom. The Hall–Kier alpha value is -1.36. The summed E-state index contributed by atoms with van der Waals surface area (Å²) in [5, 5.41) is 0.642. The Morgan fingerprint density at radius 2 is 1.55 bits per heavy atom. The number of nitrogens with zero attached hydrogens (tertiary/aromatic N) is 1. The summed E-state index contributed by atoms with van der Waals surface area (Å²) in [6.45, 7) is 0.340. The third-order valence-electron chi connectivity index (χ3n) is 2.99. The summed E-state index contributed by atoms with van der Waals surface area (Å²) in [5.41, 5.74) is 1.70. The summed E-state index contributed by atoms with van der Waals surface area (Å²) in [5.74, 6) is 0.0118. The molecule has 0 saturated carbocycles. The van der Waals surface area contributed by atoms with E-state index in [4.69, 9.17) is 11.6 Å². The van der Waals surface area contributed by atoms with Crippen LogP contribution in [0.5, 0.6) is 0 Å². The van der Waals surface area contributed by atoms with Gasteiger partial charge in [-0.05, 0) is 23.3 Å². The van der Waals surface area contributed by atoms with Crippen molar-refractivity contribution in [3.05, 3.63) is 70.7 Å². The van der Waals surface area contributed by atoms with E-state index in [0.717, 1.165) is 11.1 Å². The van der Waals surface area contributed by atoms with Crippen LogP contribution in [0, 0.1) is 0 Å². The molecular formula is C15H16ClNO2S. The van der Waals surface area contributed by atoms with Crippen LogP contribution in [-0.4, -0.2) is 19.8 Å². The van der Waals surface area contributed by atoms with Crippen molar-refractivity contribution in [2.24, 2.45) is 0 Å². The lowest BCUT2D eigenvalue weighted by Gasteiger charge is -2.17. The minimum Gasteiger partial charge on any atom is -0.212 e. The molecule has 0 N–H and O–H groups in total. The van der Waals surface area contributed by atoms with Gasteiger partial charge in [-0.25, -0.2) is 12.7 Å². The molecule has 2 aromatic carbocycles. The highest BCUT2D eigenvalue weighted by Gasteiger charge is 2.18. The zero-order chi connectivity index (χ0) is 14.6. The van der Waals surface area contributed by atoms with Crippen LogP contribution in [0.25, 0.3) is 0 Å². The molecule has 2 aromatic rings. The molecule has 20 heavy (non-hydrogen) atoms. The van der Waals surface area contributed by atoms with Gasteiger partial charge >= 0.3 is 0 Å². The number of hydrogen-bond acceptors (Lipinski definition) is 2. The van der Waals surface area contributed by atoms with Gasteiger partial charge in [-0.2, -0.15) is 0 Å². The monoisotopic (exact) mass is 309 g/mol. The van der Waals surface area contributed by atoms with Crippen molar-refractivity contribution in [3.8, 4) is 0 Å². The fourth-order valence-electron chi connectivity index (χ4n) is 1.84. The van der Waals surface area contributed by atoms with Crippen molar-refractivity contribution in [1.82, 2.24) is 4.31 Å². The third kappa shape index (κ3) is 4.07. The molecule has 0 aliphatic carbocycles. The van der Waals surface area contributed by atoms with Crippen LogP contribution in [0.3, 0.4) is 0 Å². The number of hydrogen-bond donors (Lipinski definition) is 0. The summed E-state index contributed by atoms with van der Waals surface area (Å²) in [4.78, 5) is 0. The Morgan fingerprint density at radius 3 is 2.15 bits per heavy atom. The van der Waals surface area contributed by atoms with Gasteiger partial charge in [-0.15, -0.1) is 0 Å². The van der Waals surface area contributed by atoms with Crippen molar-refractivity contribution in [2.75, 3.05) is 7.05 Å². The molecule has 0 unspecified atom stereocenters. The maximum absolute atomic E-state index is 12.3. The Kier molecular flexibility index (Phi) is 4.81. The van der Waals surface area contributed by atoms with Gasteiger partial charge in [0.05, 0.1) is 5.75 Å². The highest BCUT2D eigenvalue weighted by molar-refractivity contribution is 7.88. The van der Waals surface area contributed by atoms with Crippen molar-refractivity contribution in [3.63, 3.8) is 0 Å². The first kappa shape index (κ1) is 15.0. The Labute approximate surface area is 124 Å². The van der Waals surface area contributed by atoms with Gasteiger partial charge in [0.25, 0.3) is 0 Å². The van der Waals surface area contributed by atoms with E-state index in [1.54, 1.807) is 19.2 Å². The first-order valence-electron chi connectivity index (χ1n) is 6.20. The van der Waals surface area contributed by atoms with E-state index >= 15 is 0 Å². The minimum atomic E-state index is -3.32. The van der Waals surface area contributed by atoms with E-state index in [1.807, 2.05) is 42.5 Å². The van der Waals surface area contributed by atoms with Crippen molar-refractivity contribution in [2.45, 2.75) is 12.3 Å². The Bertz CT molecular complexity index is 654. The minimum absolute atomic E-state index is 0.0118. The Balaban J connectivity index is 2.07. The lowest BCUT2D eigenvalue weighted by molar-refractivity contribution is 0.466. The van der Waals surface area contributed by atoms with Gasteiger partial charge < -0.3 is 0 Å². The van der Waals surface area contributed by atoms with E-state index in [9.17, 15) is 8.42 Å². The molecule has 0 bridgehead atoms. The van der Waals surface area contributed by atoms with E-state index in [-0.39, 0.29) is 5.75 Å². The van der Waals surface area contributed by atoms with Crippen LogP contribution in [0.1, 0.15) is 11.1 Å². The fraction of sp³-hybridized carbons (Fsp3) is 0.200. The third-order valence-corrected chi connectivity index (χ3v) is 5.01. The number of rotatable bonds is 5. The van der Waals surface area contributed by atoms with Crippen LogP contribution in [-0.2, 0) is 22.3 Å². The van der Waals surface area contributed by atoms with Crippen molar-refractivity contribution in [1.29, 1.82) is 0 Å². The van der Waals surface area contributed by atoms with Gasteiger partial charge in [0.1, 0.15) is 0 Å². The van der Waals surface area contributed by atoms with Gasteiger partial charge in [0.2, 0.25) is 10.0 Å². The molecule has 5 heteroatoms. The molecule has 2 rings (SSSR count). The maximum Gasteiger partial charge on any atom is 0.218 e. The summed E-state index contributed by atoms with van der Waals surface area (Å²) >= 11 is 5.81. The maximum atomic E-state index is 12.3. The fourth-order valence-corrected chi connectivity index (χ4v) is 3.15. The molecule has 0 atom stereocenters. The summed E-state index contributed by atoms with van der Waals surface area (Å²) < 4.78 is 25.9. The van der Waals surface area contributed by atoms with Gasteiger partial charge in [0, 0.05) is 18.6 Å². The zero-order valence-corrected chi connectivity index (χ0v) is 12.7. The smallest absolute Gasteiger partial charge is 0.212 e.